The molecular formula is C77H150O6. The second-order valence-corrected chi connectivity index (χ2v) is 26.6. The van der Waals surface area contributed by atoms with Crippen molar-refractivity contribution in [3.8, 4) is 0 Å². The van der Waals surface area contributed by atoms with Crippen molar-refractivity contribution in [3.05, 3.63) is 0 Å². The van der Waals surface area contributed by atoms with Crippen LogP contribution in [0.1, 0.15) is 457 Å². The van der Waals surface area contributed by atoms with Gasteiger partial charge in [0, 0.05) is 19.3 Å². The molecule has 0 aliphatic rings. The summed E-state index contributed by atoms with van der Waals surface area (Å²) in [6.45, 7) is 6.73. The smallest absolute Gasteiger partial charge is 0.306 e. The second-order valence-electron chi connectivity index (χ2n) is 26.6. The molecule has 1 atom stereocenters. The molecular weight excluding hydrogens is 1020 g/mol. The second kappa shape index (κ2) is 72.9. The molecule has 83 heavy (non-hydrogen) atoms. The van der Waals surface area contributed by atoms with Gasteiger partial charge in [0.15, 0.2) is 6.10 Å². The van der Waals surface area contributed by atoms with Crippen LogP contribution in [0.3, 0.4) is 0 Å². The molecule has 0 aliphatic heterocycles. The first kappa shape index (κ1) is 81.4. The fraction of sp³-hybridized carbons (Fsp3) is 0.961. The summed E-state index contributed by atoms with van der Waals surface area (Å²) in [5.41, 5.74) is 0. The van der Waals surface area contributed by atoms with Gasteiger partial charge in [-0.2, -0.15) is 0 Å². The monoisotopic (exact) mass is 1170 g/mol. The Kier molecular flexibility index (Phi) is 71.5. The fourth-order valence-electron chi connectivity index (χ4n) is 12.3. The number of ether oxygens (including phenoxy) is 3. The maximum atomic E-state index is 12.9. The molecule has 0 N–H and O–H groups in total. The van der Waals surface area contributed by atoms with Crippen LogP contribution in [0, 0.1) is 0 Å². The van der Waals surface area contributed by atoms with Gasteiger partial charge in [-0.05, 0) is 19.3 Å². The summed E-state index contributed by atoms with van der Waals surface area (Å²) in [5, 5.41) is 0. The quantitative estimate of drug-likeness (QED) is 0.0343. The van der Waals surface area contributed by atoms with E-state index in [-0.39, 0.29) is 31.1 Å². The molecule has 0 aliphatic carbocycles. The molecule has 0 amide bonds. The molecule has 494 valence electrons. The van der Waals surface area contributed by atoms with E-state index in [0.29, 0.717) is 19.3 Å². The van der Waals surface area contributed by atoms with Crippen molar-refractivity contribution in [2.75, 3.05) is 13.2 Å². The molecule has 6 heteroatoms. The van der Waals surface area contributed by atoms with Crippen LogP contribution in [0.25, 0.3) is 0 Å². The van der Waals surface area contributed by atoms with Crippen LogP contribution in [0.2, 0.25) is 0 Å². The highest BCUT2D eigenvalue weighted by Crippen LogP contribution is 2.20. The molecule has 0 heterocycles. The van der Waals surface area contributed by atoms with Gasteiger partial charge < -0.3 is 14.2 Å². The van der Waals surface area contributed by atoms with E-state index in [9.17, 15) is 14.4 Å². The highest BCUT2D eigenvalue weighted by Gasteiger charge is 2.20. The molecule has 0 saturated carbocycles. The lowest BCUT2D eigenvalue weighted by Gasteiger charge is -2.18. The number of carbonyl (C=O) groups excluding carboxylic acids is 3. The van der Waals surface area contributed by atoms with Crippen molar-refractivity contribution in [1.82, 2.24) is 0 Å². The Labute approximate surface area is 520 Å². The topological polar surface area (TPSA) is 78.9 Å². The Morgan fingerprint density at radius 2 is 0.325 bits per heavy atom. The zero-order valence-electron chi connectivity index (χ0n) is 57.0. The van der Waals surface area contributed by atoms with Crippen molar-refractivity contribution < 1.29 is 28.6 Å². The number of hydrogen-bond donors (Lipinski definition) is 0. The summed E-state index contributed by atoms with van der Waals surface area (Å²) < 4.78 is 17.0. The van der Waals surface area contributed by atoms with Gasteiger partial charge in [-0.15, -0.1) is 0 Å². The highest BCUT2D eigenvalue weighted by molar-refractivity contribution is 5.71. The number of hydrogen-bond acceptors (Lipinski definition) is 6. The van der Waals surface area contributed by atoms with Crippen LogP contribution >= 0.6 is 0 Å². The van der Waals surface area contributed by atoms with Gasteiger partial charge in [-0.25, -0.2) is 0 Å². The predicted molar refractivity (Wildman–Crippen MR) is 363 cm³/mol. The lowest BCUT2D eigenvalue weighted by molar-refractivity contribution is -0.167. The summed E-state index contributed by atoms with van der Waals surface area (Å²) in [4.78, 5) is 38.4. The molecule has 1 unspecified atom stereocenters. The van der Waals surface area contributed by atoms with Gasteiger partial charge in [0.2, 0.25) is 0 Å². The molecule has 0 spiro atoms. The average Bonchev–Trinajstić information content (AvgIpc) is 3.49. The van der Waals surface area contributed by atoms with Gasteiger partial charge >= 0.3 is 17.9 Å². The number of unbranched alkanes of at least 4 members (excludes halogenated alkanes) is 62. The Morgan fingerprint density at radius 1 is 0.193 bits per heavy atom. The van der Waals surface area contributed by atoms with Crippen LogP contribution in [0.4, 0.5) is 0 Å². The van der Waals surface area contributed by atoms with Crippen LogP contribution in [0.5, 0.6) is 0 Å². The fourth-order valence-corrected chi connectivity index (χ4v) is 12.3. The molecule has 0 radical (unpaired) electrons. The Balaban J connectivity index is 3.98. The third kappa shape index (κ3) is 71.1. The van der Waals surface area contributed by atoms with Gasteiger partial charge in [0.1, 0.15) is 13.2 Å². The van der Waals surface area contributed by atoms with Crippen molar-refractivity contribution in [3.63, 3.8) is 0 Å². The van der Waals surface area contributed by atoms with Gasteiger partial charge in [0.05, 0.1) is 0 Å². The number of carbonyl (C=O) groups is 3. The highest BCUT2D eigenvalue weighted by atomic mass is 16.6. The standard InChI is InChI=1S/C77H150O6/c1-4-7-10-13-16-19-22-24-26-28-30-32-33-34-35-36-37-38-39-40-41-42-43-44-45-46-48-49-51-53-55-58-61-64-67-70-76(79)82-73-74(72-81-75(78)69-66-63-60-57-21-18-15-12-9-6-3)83-77(80)71-68-65-62-59-56-54-52-50-47-31-29-27-25-23-20-17-14-11-8-5-2/h74H,4-73H2,1-3H3. The minimum atomic E-state index is -0.763. The van der Waals surface area contributed by atoms with Crippen LogP contribution < -0.4 is 0 Å². The average molecular weight is 1170 g/mol. The SMILES string of the molecule is CCCCCCCCCCCCCCCCCCCCCCCCCCCCCCCCCCCCCC(=O)OCC(COC(=O)CCCCCCCCCCCC)OC(=O)CCCCCCCCCCCCCCCCCCCCCC. The van der Waals surface area contributed by atoms with E-state index in [4.69, 9.17) is 14.2 Å². The van der Waals surface area contributed by atoms with E-state index in [1.54, 1.807) is 0 Å². The molecule has 0 saturated heterocycles. The van der Waals surface area contributed by atoms with E-state index < -0.39 is 6.10 Å². The van der Waals surface area contributed by atoms with Crippen LogP contribution in [-0.2, 0) is 28.6 Å². The lowest BCUT2D eigenvalue weighted by Crippen LogP contribution is -2.30. The summed E-state index contributed by atoms with van der Waals surface area (Å²) >= 11 is 0. The van der Waals surface area contributed by atoms with Crippen molar-refractivity contribution in [2.45, 2.75) is 463 Å². The van der Waals surface area contributed by atoms with Gasteiger partial charge in [-0.3, -0.25) is 14.4 Å². The summed E-state index contributed by atoms with van der Waals surface area (Å²) in [5.74, 6) is -0.823. The summed E-state index contributed by atoms with van der Waals surface area (Å²) in [6, 6.07) is 0. The maximum Gasteiger partial charge on any atom is 0.306 e. The van der Waals surface area contributed by atoms with Gasteiger partial charge in [-0.1, -0.05) is 419 Å². The van der Waals surface area contributed by atoms with Crippen molar-refractivity contribution >= 4 is 17.9 Å². The van der Waals surface area contributed by atoms with Crippen LogP contribution in [0.15, 0.2) is 0 Å². The Bertz CT molecular complexity index is 1250. The minimum Gasteiger partial charge on any atom is -0.462 e. The first-order chi connectivity index (χ1) is 41.0. The third-order valence-corrected chi connectivity index (χ3v) is 18.1. The molecule has 0 aromatic rings. The predicted octanol–water partition coefficient (Wildman–Crippen LogP) is 26.6. The molecule has 0 rings (SSSR count). The van der Waals surface area contributed by atoms with E-state index >= 15 is 0 Å². The largest absolute Gasteiger partial charge is 0.462 e. The number of esters is 3. The van der Waals surface area contributed by atoms with Gasteiger partial charge in [0.25, 0.3) is 0 Å². The Hall–Kier alpha value is -1.59. The van der Waals surface area contributed by atoms with E-state index in [0.717, 1.165) is 57.8 Å². The number of rotatable bonds is 73. The van der Waals surface area contributed by atoms with Crippen molar-refractivity contribution in [1.29, 1.82) is 0 Å². The molecule has 0 fully saturated rings. The van der Waals surface area contributed by atoms with E-state index in [1.807, 2.05) is 0 Å². The Morgan fingerprint density at radius 3 is 0.482 bits per heavy atom. The first-order valence-electron chi connectivity index (χ1n) is 38.5. The summed E-state index contributed by atoms with van der Waals surface area (Å²) in [7, 11) is 0. The van der Waals surface area contributed by atoms with Crippen LogP contribution in [-0.4, -0.2) is 37.2 Å². The third-order valence-electron chi connectivity index (χ3n) is 18.1. The maximum absolute atomic E-state index is 12.9. The lowest BCUT2D eigenvalue weighted by atomic mass is 10.0. The first-order valence-corrected chi connectivity index (χ1v) is 38.5. The summed E-state index contributed by atoms with van der Waals surface area (Å²) in [6.07, 6.45) is 87.6. The molecule has 0 bridgehead atoms. The molecule has 6 nitrogen and oxygen atoms in total. The van der Waals surface area contributed by atoms with E-state index in [2.05, 4.69) is 20.8 Å². The van der Waals surface area contributed by atoms with Crippen molar-refractivity contribution in [2.24, 2.45) is 0 Å². The molecule has 0 aromatic carbocycles. The zero-order valence-corrected chi connectivity index (χ0v) is 57.0. The normalized spacial score (nSPS) is 11.9. The zero-order chi connectivity index (χ0) is 59.9. The van der Waals surface area contributed by atoms with E-state index in [1.165, 1.54) is 360 Å². The molecule has 0 aromatic heterocycles. The minimum absolute atomic E-state index is 0.0605.